The molecule has 1 aliphatic heterocycles. The van der Waals surface area contributed by atoms with Crippen LogP contribution in [0.1, 0.15) is 37.8 Å². The van der Waals surface area contributed by atoms with Gasteiger partial charge in [0.1, 0.15) is 0 Å². The number of hydrogen-bond donors (Lipinski definition) is 1. The monoisotopic (exact) mass is 318 g/mol. The van der Waals surface area contributed by atoms with Gasteiger partial charge in [0, 0.05) is 18.0 Å². The van der Waals surface area contributed by atoms with E-state index >= 15 is 0 Å². The predicted octanol–water partition coefficient (Wildman–Crippen LogP) is 5.24. The van der Waals surface area contributed by atoms with Crippen LogP contribution in [0.2, 0.25) is 0 Å². The van der Waals surface area contributed by atoms with Crippen molar-refractivity contribution in [1.29, 1.82) is 0 Å². The molecule has 1 fully saturated rings. The lowest BCUT2D eigenvalue weighted by atomic mass is 10.0. The van der Waals surface area contributed by atoms with Crippen molar-refractivity contribution in [2.45, 2.75) is 39.7 Å². The lowest BCUT2D eigenvalue weighted by molar-refractivity contribution is 0.759. The molecule has 0 spiro atoms. The first-order chi connectivity index (χ1) is 11.6. The van der Waals surface area contributed by atoms with Crippen LogP contribution in [0.5, 0.6) is 0 Å². The first kappa shape index (κ1) is 16.7. The van der Waals surface area contributed by atoms with E-state index in [1.807, 2.05) is 6.20 Å². The van der Waals surface area contributed by atoms with Crippen molar-refractivity contribution in [3.8, 4) is 11.1 Å². The largest absolute Gasteiger partial charge is 0.309 e. The minimum Gasteiger partial charge on any atom is -0.309 e. The molecule has 124 valence electrons. The summed E-state index contributed by atoms with van der Waals surface area (Å²) in [5.74, 6) is 0. The molecular weight excluding hydrogens is 292 g/mol. The minimum atomic E-state index is 0.456. The zero-order valence-corrected chi connectivity index (χ0v) is 14.8. The van der Waals surface area contributed by atoms with Crippen LogP contribution in [-0.2, 0) is 0 Å². The van der Waals surface area contributed by atoms with E-state index < -0.39 is 0 Å². The van der Waals surface area contributed by atoms with Gasteiger partial charge in [-0.2, -0.15) is 0 Å². The Balaban J connectivity index is 1.73. The molecule has 1 heterocycles. The van der Waals surface area contributed by atoms with Gasteiger partial charge in [0.15, 0.2) is 0 Å². The summed E-state index contributed by atoms with van der Waals surface area (Å²) in [4.78, 5) is 4.66. The highest BCUT2D eigenvalue weighted by atomic mass is 15.0. The van der Waals surface area contributed by atoms with E-state index in [9.17, 15) is 0 Å². The fourth-order valence-corrected chi connectivity index (χ4v) is 3.08. The van der Waals surface area contributed by atoms with Gasteiger partial charge in [0.05, 0.1) is 0 Å². The number of hydrogen-bond acceptors (Lipinski definition) is 2. The summed E-state index contributed by atoms with van der Waals surface area (Å²) in [5.41, 5.74) is 7.41. The van der Waals surface area contributed by atoms with Gasteiger partial charge >= 0.3 is 0 Å². The molecule has 2 aromatic carbocycles. The van der Waals surface area contributed by atoms with E-state index in [1.54, 1.807) is 0 Å². The number of aliphatic imine (C=N–C) groups is 1. The minimum absolute atomic E-state index is 0.456. The van der Waals surface area contributed by atoms with Crippen molar-refractivity contribution >= 4 is 11.3 Å². The molecule has 1 saturated heterocycles. The van der Waals surface area contributed by atoms with E-state index in [0.29, 0.717) is 6.04 Å². The Morgan fingerprint density at radius 3 is 2.21 bits per heavy atom. The Hall–Kier alpha value is -2.19. The van der Waals surface area contributed by atoms with Gasteiger partial charge in [-0.1, -0.05) is 54.1 Å². The summed E-state index contributed by atoms with van der Waals surface area (Å²) in [6, 6.07) is 17.9. The highest BCUT2D eigenvalue weighted by molar-refractivity contribution is 5.88. The molecule has 2 nitrogen and oxygen atoms in total. The molecule has 3 rings (SSSR count). The Bertz CT molecular complexity index is 731. The van der Waals surface area contributed by atoms with Crippen molar-refractivity contribution in [2.24, 2.45) is 4.99 Å². The van der Waals surface area contributed by atoms with Gasteiger partial charge in [-0.15, -0.1) is 0 Å². The summed E-state index contributed by atoms with van der Waals surface area (Å²) in [6.07, 6.45) is 4.45. The van der Waals surface area contributed by atoms with Crippen LogP contribution >= 0.6 is 0 Å². The maximum Gasteiger partial charge on any atom is 0.0452 e. The molecule has 2 heteroatoms. The number of allylic oxidation sites excluding steroid dienone is 1. The average Bonchev–Trinajstić information content (AvgIpc) is 3.15. The second-order valence-electron chi connectivity index (χ2n) is 6.67. The summed E-state index contributed by atoms with van der Waals surface area (Å²) in [7, 11) is 0. The third kappa shape index (κ3) is 4.01. The molecule has 0 aromatic heterocycles. The SMILES string of the molecule is C/C(=C\N=C(/C)[C@@H]1CCCN1)c1ccc(-c2ccc(C)cc2)cc1. The molecule has 0 radical (unpaired) electrons. The zero-order chi connectivity index (χ0) is 16.9. The van der Waals surface area contributed by atoms with Crippen LogP contribution in [-0.4, -0.2) is 18.3 Å². The molecule has 1 N–H and O–H groups in total. The number of benzene rings is 2. The number of aryl methyl sites for hydroxylation is 1. The van der Waals surface area contributed by atoms with Crippen molar-refractivity contribution in [3.05, 3.63) is 65.9 Å². The molecule has 0 bridgehead atoms. The Morgan fingerprint density at radius 2 is 1.62 bits per heavy atom. The number of nitrogens with zero attached hydrogens (tertiary/aromatic N) is 1. The Kier molecular flexibility index (Phi) is 5.27. The normalized spacial score (nSPS) is 18.9. The maximum absolute atomic E-state index is 4.66. The lowest BCUT2D eigenvalue weighted by Gasteiger charge is -2.09. The second kappa shape index (κ2) is 7.59. The summed E-state index contributed by atoms with van der Waals surface area (Å²) < 4.78 is 0. The fraction of sp³-hybridized carbons (Fsp3) is 0.318. The molecule has 0 aliphatic carbocycles. The number of rotatable bonds is 4. The third-order valence-corrected chi connectivity index (χ3v) is 4.75. The van der Waals surface area contributed by atoms with Gasteiger partial charge in [0.25, 0.3) is 0 Å². The molecule has 0 amide bonds. The van der Waals surface area contributed by atoms with Gasteiger partial charge in [-0.25, -0.2) is 0 Å². The molecule has 0 saturated carbocycles. The highest BCUT2D eigenvalue weighted by Gasteiger charge is 2.15. The van der Waals surface area contributed by atoms with Crippen molar-refractivity contribution < 1.29 is 0 Å². The molecule has 1 aliphatic rings. The molecular formula is C22H26N2. The van der Waals surface area contributed by atoms with Crippen molar-refractivity contribution in [2.75, 3.05) is 6.54 Å². The molecule has 2 aromatic rings. The van der Waals surface area contributed by atoms with E-state index in [0.717, 1.165) is 6.54 Å². The van der Waals surface area contributed by atoms with Crippen LogP contribution in [0.15, 0.2) is 59.7 Å². The highest BCUT2D eigenvalue weighted by Crippen LogP contribution is 2.23. The van der Waals surface area contributed by atoms with Crippen molar-refractivity contribution in [3.63, 3.8) is 0 Å². The van der Waals surface area contributed by atoms with Gasteiger partial charge in [-0.05, 0) is 62.4 Å². The number of nitrogens with one attached hydrogen (secondary N) is 1. The topological polar surface area (TPSA) is 24.4 Å². The predicted molar refractivity (Wildman–Crippen MR) is 104 cm³/mol. The average molecular weight is 318 g/mol. The first-order valence-corrected chi connectivity index (χ1v) is 8.75. The van der Waals surface area contributed by atoms with Gasteiger partial charge < -0.3 is 5.32 Å². The fourth-order valence-electron chi connectivity index (χ4n) is 3.08. The smallest absolute Gasteiger partial charge is 0.0452 e. The molecule has 0 unspecified atom stereocenters. The summed E-state index contributed by atoms with van der Waals surface area (Å²) >= 11 is 0. The van der Waals surface area contributed by atoms with E-state index in [2.05, 4.69) is 79.6 Å². The Morgan fingerprint density at radius 1 is 1.00 bits per heavy atom. The van der Waals surface area contributed by atoms with E-state index in [-0.39, 0.29) is 0 Å². The zero-order valence-electron chi connectivity index (χ0n) is 14.8. The summed E-state index contributed by atoms with van der Waals surface area (Å²) in [5, 5.41) is 3.49. The van der Waals surface area contributed by atoms with Crippen LogP contribution in [0, 0.1) is 6.92 Å². The van der Waals surface area contributed by atoms with Crippen LogP contribution < -0.4 is 5.32 Å². The standard InChI is InChI=1S/C22H26N2/c1-16-6-8-20(9-7-16)21-12-10-19(11-13-21)17(2)15-24-18(3)22-5-4-14-23-22/h6-13,15,22-23H,4-5,14H2,1-3H3/b17-15+,24-18+/t22-/m0/s1. The van der Waals surface area contributed by atoms with E-state index in [4.69, 9.17) is 0 Å². The van der Waals surface area contributed by atoms with E-state index in [1.165, 1.54) is 46.4 Å². The van der Waals surface area contributed by atoms with Gasteiger partial charge in [-0.3, -0.25) is 4.99 Å². The Labute approximate surface area is 145 Å². The molecule has 24 heavy (non-hydrogen) atoms. The second-order valence-corrected chi connectivity index (χ2v) is 6.67. The van der Waals surface area contributed by atoms with Gasteiger partial charge in [0.2, 0.25) is 0 Å². The lowest BCUT2D eigenvalue weighted by Crippen LogP contribution is -2.28. The summed E-state index contributed by atoms with van der Waals surface area (Å²) in [6.45, 7) is 7.47. The van der Waals surface area contributed by atoms with Crippen molar-refractivity contribution in [1.82, 2.24) is 5.32 Å². The van der Waals surface area contributed by atoms with Crippen LogP contribution in [0.25, 0.3) is 16.7 Å². The third-order valence-electron chi connectivity index (χ3n) is 4.75. The quantitative estimate of drug-likeness (QED) is 0.766. The van der Waals surface area contributed by atoms with Crippen LogP contribution in [0.4, 0.5) is 0 Å². The van der Waals surface area contributed by atoms with Crippen LogP contribution in [0.3, 0.4) is 0 Å². The maximum atomic E-state index is 4.66. The first-order valence-electron chi connectivity index (χ1n) is 8.75. The molecule has 1 atom stereocenters.